The molecule has 0 aliphatic heterocycles. The van der Waals surface area contributed by atoms with E-state index in [0.717, 1.165) is 11.8 Å². The van der Waals surface area contributed by atoms with Crippen molar-refractivity contribution in [3.63, 3.8) is 0 Å². The monoisotopic (exact) mass is 537 g/mol. The maximum absolute atomic E-state index is 13.4. The molecule has 10 heteroatoms. The largest absolute Gasteiger partial charge is 0.497 e. The molecule has 0 radical (unpaired) electrons. The minimum Gasteiger partial charge on any atom is -0.497 e. The minimum absolute atomic E-state index is 0.0749. The van der Waals surface area contributed by atoms with E-state index in [-0.39, 0.29) is 37.7 Å². The fourth-order valence-electron chi connectivity index (χ4n) is 4.03. The van der Waals surface area contributed by atoms with E-state index in [1.807, 2.05) is 38.1 Å². The number of nitrogens with zero attached hydrogens (tertiary/aromatic N) is 2. The Balaban J connectivity index is 2.25. The molecule has 0 aromatic heterocycles. The Kier molecular flexibility index (Phi) is 11.0. The second kappa shape index (κ2) is 13.5. The van der Waals surface area contributed by atoms with Crippen LogP contribution < -0.4 is 14.4 Å². The Morgan fingerprint density at radius 2 is 1.83 bits per heavy atom. The average molecular weight is 538 g/mol. The van der Waals surface area contributed by atoms with Gasteiger partial charge < -0.3 is 15.0 Å². The van der Waals surface area contributed by atoms with Crippen LogP contribution in [0.3, 0.4) is 0 Å². The van der Waals surface area contributed by atoms with Crippen LogP contribution in [0, 0.1) is 6.92 Å². The Bertz CT molecular complexity index is 1160. The summed E-state index contributed by atoms with van der Waals surface area (Å²) in [6, 6.07) is 11.8. The van der Waals surface area contributed by atoms with Gasteiger partial charge in [-0.25, -0.2) is 8.42 Å². The number of amides is 2. The zero-order valence-corrected chi connectivity index (χ0v) is 23.2. The highest BCUT2D eigenvalue weighted by atomic mass is 35.5. The highest BCUT2D eigenvalue weighted by molar-refractivity contribution is 7.92. The van der Waals surface area contributed by atoms with Crippen molar-refractivity contribution >= 4 is 39.1 Å². The van der Waals surface area contributed by atoms with E-state index < -0.39 is 16.1 Å². The molecule has 0 bridgehead atoms. The molecule has 0 aliphatic carbocycles. The van der Waals surface area contributed by atoms with Gasteiger partial charge >= 0.3 is 0 Å². The Morgan fingerprint density at radius 3 is 2.44 bits per heavy atom. The van der Waals surface area contributed by atoms with Gasteiger partial charge in [-0.15, -0.1) is 0 Å². The zero-order valence-electron chi connectivity index (χ0n) is 21.6. The number of halogens is 1. The van der Waals surface area contributed by atoms with E-state index in [0.29, 0.717) is 35.0 Å². The van der Waals surface area contributed by atoms with Crippen molar-refractivity contribution in [1.82, 2.24) is 10.2 Å². The number of benzene rings is 2. The van der Waals surface area contributed by atoms with Crippen LogP contribution in [0.5, 0.6) is 5.75 Å². The van der Waals surface area contributed by atoms with Crippen LogP contribution >= 0.6 is 11.6 Å². The number of carbonyl (C=O) groups excluding carboxylic acids is 2. The normalized spacial score (nSPS) is 12.1. The van der Waals surface area contributed by atoms with Crippen LogP contribution in [0.1, 0.15) is 44.2 Å². The summed E-state index contributed by atoms with van der Waals surface area (Å²) in [6.07, 6.45) is 1.93. The highest BCUT2D eigenvalue weighted by Crippen LogP contribution is 2.28. The number of likely N-dealkylation sites (N-methyl/N-ethyl adjacent to an activating group) is 1. The Labute approximate surface area is 219 Å². The lowest BCUT2D eigenvalue weighted by molar-refractivity contribution is -0.141. The van der Waals surface area contributed by atoms with Crippen molar-refractivity contribution in [2.24, 2.45) is 0 Å². The molecule has 0 saturated heterocycles. The maximum atomic E-state index is 13.4. The molecule has 2 aromatic rings. The summed E-state index contributed by atoms with van der Waals surface area (Å²) in [4.78, 5) is 27.8. The van der Waals surface area contributed by atoms with E-state index in [9.17, 15) is 18.0 Å². The molecule has 1 atom stereocenters. The molecule has 0 spiro atoms. The van der Waals surface area contributed by atoms with Gasteiger partial charge in [0.25, 0.3) is 0 Å². The summed E-state index contributed by atoms with van der Waals surface area (Å²) in [6.45, 7) is 6.25. The van der Waals surface area contributed by atoms with Crippen LogP contribution in [0.15, 0.2) is 42.5 Å². The van der Waals surface area contributed by atoms with Crippen molar-refractivity contribution in [1.29, 1.82) is 0 Å². The van der Waals surface area contributed by atoms with E-state index in [1.54, 1.807) is 37.1 Å². The lowest BCUT2D eigenvalue weighted by atomic mass is 10.1. The van der Waals surface area contributed by atoms with Gasteiger partial charge in [0.15, 0.2) is 0 Å². The van der Waals surface area contributed by atoms with Gasteiger partial charge in [-0.3, -0.25) is 13.9 Å². The minimum atomic E-state index is -3.60. The Morgan fingerprint density at radius 1 is 1.14 bits per heavy atom. The first-order chi connectivity index (χ1) is 17.0. The van der Waals surface area contributed by atoms with Gasteiger partial charge in [0.1, 0.15) is 11.8 Å². The quantitative estimate of drug-likeness (QED) is 0.414. The van der Waals surface area contributed by atoms with E-state index in [2.05, 4.69) is 5.32 Å². The lowest BCUT2D eigenvalue weighted by Gasteiger charge is -2.31. The number of hydrogen-bond acceptors (Lipinski definition) is 5. The third-order valence-corrected chi connectivity index (χ3v) is 7.47. The molecule has 0 unspecified atom stereocenters. The van der Waals surface area contributed by atoms with E-state index in [1.165, 1.54) is 4.31 Å². The Hall–Kier alpha value is -2.78. The van der Waals surface area contributed by atoms with Gasteiger partial charge in [-0.05, 0) is 62.1 Å². The number of anilines is 1. The fraction of sp³-hybridized carbons (Fsp3) is 0.462. The first-order valence-electron chi connectivity index (χ1n) is 12.0. The summed E-state index contributed by atoms with van der Waals surface area (Å²) in [7, 11) is -2.03. The zero-order chi connectivity index (χ0) is 26.9. The van der Waals surface area contributed by atoms with Crippen LogP contribution in [-0.2, 0) is 26.2 Å². The molecule has 0 heterocycles. The molecule has 2 rings (SSSR count). The number of sulfonamides is 1. The summed E-state index contributed by atoms with van der Waals surface area (Å²) in [5.41, 5.74) is 1.97. The van der Waals surface area contributed by atoms with Crippen molar-refractivity contribution in [2.45, 2.75) is 52.6 Å². The van der Waals surface area contributed by atoms with Crippen LogP contribution in [0.2, 0.25) is 5.02 Å². The van der Waals surface area contributed by atoms with Gasteiger partial charge in [0.05, 0.1) is 19.1 Å². The lowest BCUT2D eigenvalue weighted by Crippen LogP contribution is -2.49. The van der Waals surface area contributed by atoms with Gasteiger partial charge in [0, 0.05) is 31.1 Å². The van der Waals surface area contributed by atoms with Crippen molar-refractivity contribution in [3.05, 3.63) is 58.6 Å². The molecule has 0 fully saturated rings. The van der Waals surface area contributed by atoms with Gasteiger partial charge in [0.2, 0.25) is 21.8 Å². The number of hydrogen-bond donors (Lipinski definition) is 1. The standard InChI is InChI=1S/C26H36ClN3O5S/c1-6-23(26(32)28-7-2)29(18-20-11-8-12-21(17-20)35-4)25(31)15-10-16-30(36(5,33)34)24-14-9-13-22(27)19(24)3/h8-9,11-14,17,23H,6-7,10,15-16,18H2,1-5H3,(H,28,32)/t23-/m1/s1. The molecule has 1 N–H and O–H groups in total. The SMILES string of the molecule is CCNC(=O)[C@@H](CC)N(Cc1cccc(OC)c1)C(=O)CCCN(c1cccc(Cl)c1C)S(C)(=O)=O. The second-order valence-corrected chi connectivity index (χ2v) is 10.8. The van der Waals surface area contributed by atoms with Crippen molar-refractivity contribution in [2.75, 3.05) is 30.8 Å². The van der Waals surface area contributed by atoms with E-state index >= 15 is 0 Å². The molecular weight excluding hydrogens is 502 g/mol. The molecular formula is C26H36ClN3O5S. The number of rotatable bonds is 13. The number of carbonyl (C=O) groups is 2. The van der Waals surface area contributed by atoms with E-state index in [4.69, 9.17) is 16.3 Å². The average Bonchev–Trinajstić information content (AvgIpc) is 2.83. The van der Waals surface area contributed by atoms with Gasteiger partial charge in [-0.1, -0.05) is 36.7 Å². The number of nitrogens with one attached hydrogen (secondary N) is 1. The summed E-state index contributed by atoms with van der Waals surface area (Å²) in [5, 5.41) is 3.28. The predicted octanol–water partition coefficient (Wildman–Crippen LogP) is 4.15. The molecule has 36 heavy (non-hydrogen) atoms. The maximum Gasteiger partial charge on any atom is 0.242 e. The number of ether oxygens (including phenoxy) is 1. The molecule has 2 aromatic carbocycles. The summed E-state index contributed by atoms with van der Waals surface area (Å²) >= 11 is 6.21. The smallest absolute Gasteiger partial charge is 0.242 e. The van der Waals surface area contributed by atoms with Crippen LogP contribution in [-0.4, -0.2) is 57.6 Å². The third kappa shape index (κ3) is 7.86. The first-order valence-corrected chi connectivity index (χ1v) is 14.2. The molecule has 2 amide bonds. The van der Waals surface area contributed by atoms with Crippen molar-refractivity contribution in [3.8, 4) is 5.75 Å². The topological polar surface area (TPSA) is 96.0 Å². The van der Waals surface area contributed by atoms with Crippen LogP contribution in [0.25, 0.3) is 0 Å². The molecule has 0 aliphatic rings. The summed E-state index contributed by atoms with van der Waals surface area (Å²) < 4.78 is 31.7. The molecule has 198 valence electrons. The second-order valence-electron chi connectivity index (χ2n) is 8.51. The fourth-order valence-corrected chi connectivity index (χ4v) is 5.21. The first kappa shape index (κ1) is 29.5. The van der Waals surface area contributed by atoms with Crippen LogP contribution in [0.4, 0.5) is 5.69 Å². The summed E-state index contributed by atoms with van der Waals surface area (Å²) in [5.74, 6) is 0.211. The third-order valence-electron chi connectivity index (χ3n) is 5.88. The predicted molar refractivity (Wildman–Crippen MR) is 144 cm³/mol. The van der Waals surface area contributed by atoms with Gasteiger partial charge in [-0.2, -0.15) is 0 Å². The highest BCUT2D eigenvalue weighted by Gasteiger charge is 2.29. The van der Waals surface area contributed by atoms with Crippen molar-refractivity contribution < 1.29 is 22.7 Å². The molecule has 8 nitrogen and oxygen atoms in total. The number of methoxy groups -OCH3 is 1. The molecule has 0 saturated carbocycles.